The highest BCUT2D eigenvalue weighted by Gasteiger charge is 2.43. The third-order valence-corrected chi connectivity index (χ3v) is 14.5. The topological polar surface area (TPSA) is 158 Å². The van der Waals surface area contributed by atoms with Crippen LogP contribution >= 0.6 is 0 Å². The molecule has 3 amide bonds. The molecule has 18 nitrogen and oxygen atoms in total. The summed E-state index contributed by atoms with van der Waals surface area (Å²) in [4.78, 5) is 61.2. The fourth-order valence-corrected chi connectivity index (χ4v) is 10.8. The number of hydrogen-bond acceptors (Lipinski definition) is 15. The van der Waals surface area contributed by atoms with Gasteiger partial charge >= 0.3 is 18.3 Å². The van der Waals surface area contributed by atoms with E-state index in [9.17, 15) is 14.4 Å². The Balaban J connectivity index is 0.000000183. The number of hydrogen-bond donors (Lipinski definition) is 1. The van der Waals surface area contributed by atoms with Gasteiger partial charge in [0.05, 0.1) is 0 Å². The highest BCUT2D eigenvalue weighted by molar-refractivity contribution is 5.70. The molecule has 8 heterocycles. The molecular weight excluding hydrogens is 929 g/mol. The Hall–Kier alpha value is -6.37. The maximum Gasteiger partial charge on any atom is 0.410 e. The summed E-state index contributed by atoms with van der Waals surface area (Å²) in [5.74, 6) is 1.29. The maximum absolute atomic E-state index is 12.6. The molecule has 0 saturated carbocycles. The third-order valence-electron chi connectivity index (χ3n) is 14.5. The van der Waals surface area contributed by atoms with Crippen molar-refractivity contribution in [2.75, 3.05) is 115 Å². The standard InChI is InChI=1S/C30H41N5O5.C25H33N5O3/c1-30(2,3)40-29(37)34-20-25-9-10-26(21-34)35(25)24-11-12-31-27(19-24)38-18-17-32-13-15-33(16-14-32)28(36)39-22-23-7-5-4-6-8-23;31-25(33-19-20-4-2-1-3-5-20)29-12-10-28(11-13-29)14-15-32-24-16-21(8-9-27-24)30-22-6-7-23(30)18-26-17-22/h4-8,11-12,19,25-26H,9-10,13-18,20-22H2,1-3H3;1-5,8-9,16,22-23,26H,6-7,10-15,17-19H2. The number of benzene rings is 2. The molecule has 6 aliphatic rings. The summed E-state index contributed by atoms with van der Waals surface area (Å²) in [6.07, 6.45) is 7.52. The lowest BCUT2D eigenvalue weighted by Crippen LogP contribution is -2.56. The summed E-state index contributed by atoms with van der Waals surface area (Å²) in [6, 6.07) is 29.4. The van der Waals surface area contributed by atoms with Gasteiger partial charge in [0, 0.05) is 152 Å². The molecule has 4 aromatic rings. The zero-order chi connectivity index (χ0) is 50.6. The zero-order valence-corrected chi connectivity index (χ0v) is 42.9. The van der Waals surface area contributed by atoms with E-state index in [1.807, 2.05) is 105 Å². The summed E-state index contributed by atoms with van der Waals surface area (Å²) >= 11 is 0. The number of carbonyl (C=O) groups is 3. The van der Waals surface area contributed by atoms with Crippen LogP contribution in [0, 0.1) is 0 Å². The van der Waals surface area contributed by atoms with Gasteiger partial charge in [-0.3, -0.25) is 9.80 Å². The van der Waals surface area contributed by atoms with Gasteiger partial charge in [0.25, 0.3) is 0 Å². The van der Waals surface area contributed by atoms with Crippen molar-refractivity contribution >= 4 is 29.7 Å². The second kappa shape index (κ2) is 24.6. The Morgan fingerprint density at radius 1 is 0.548 bits per heavy atom. The predicted molar refractivity (Wildman–Crippen MR) is 278 cm³/mol. The van der Waals surface area contributed by atoms with Gasteiger partial charge in [-0.1, -0.05) is 60.7 Å². The van der Waals surface area contributed by atoms with Crippen LogP contribution < -0.4 is 24.6 Å². The second-order valence-electron chi connectivity index (χ2n) is 20.8. The number of nitrogens with zero attached hydrogens (tertiary/aromatic N) is 9. The summed E-state index contributed by atoms with van der Waals surface area (Å²) in [6.45, 7) is 18.3. The van der Waals surface area contributed by atoms with Crippen LogP contribution in [-0.2, 0) is 27.4 Å². The van der Waals surface area contributed by atoms with Crippen molar-refractivity contribution in [3.05, 3.63) is 108 Å². The van der Waals surface area contributed by atoms with E-state index >= 15 is 0 Å². The third kappa shape index (κ3) is 14.2. The van der Waals surface area contributed by atoms with Crippen molar-refractivity contribution in [3.63, 3.8) is 0 Å². The number of rotatable bonds is 14. The maximum atomic E-state index is 12.6. The van der Waals surface area contributed by atoms with Gasteiger partial charge in [-0.05, 0) is 69.7 Å². The monoisotopic (exact) mass is 1000 g/mol. The molecule has 0 radical (unpaired) electrons. The zero-order valence-electron chi connectivity index (χ0n) is 42.9. The van der Waals surface area contributed by atoms with Crippen molar-refractivity contribution < 1.29 is 38.1 Å². The summed E-state index contributed by atoms with van der Waals surface area (Å²) < 4.78 is 28.6. The van der Waals surface area contributed by atoms with Crippen molar-refractivity contribution in [2.24, 2.45) is 0 Å². The number of anilines is 2. The van der Waals surface area contributed by atoms with Crippen LogP contribution in [0.1, 0.15) is 57.6 Å². The Labute approximate surface area is 430 Å². The van der Waals surface area contributed by atoms with E-state index in [-0.39, 0.29) is 30.4 Å². The highest BCUT2D eigenvalue weighted by atomic mass is 16.6. The van der Waals surface area contributed by atoms with Gasteiger partial charge in [-0.2, -0.15) is 0 Å². The number of ether oxygens (including phenoxy) is 5. The SMILES string of the molecule is CC(C)(C)OC(=O)N1CC2CCC(C1)N2c1ccnc(OCCN2CCN(C(=O)OCc3ccccc3)CC2)c1.O=C(OCc1ccccc1)N1CCN(CCOc2cc(N3C4CCC3CNC4)ccn2)CC1. The lowest BCUT2D eigenvalue weighted by Gasteiger charge is -2.42. The molecule has 6 fully saturated rings. The van der Waals surface area contributed by atoms with E-state index in [0.29, 0.717) is 89.5 Å². The number of aromatic nitrogens is 2. The largest absolute Gasteiger partial charge is 0.476 e. The van der Waals surface area contributed by atoms with Crippen LogP contribution in [0.3, 0.4) is 0 Å². The van der Waals surface area contributed by atoms with Crippen molar-refractivity contribution in [3.8, 4) is 11.8 Å². The minimum absolute atomic E-state index is 0.229. The molecule has 0 aliphatic carbocycles. The van der Waals surface area contributed by atoms with E-state index in [0.717, 1.165) is 82.0 Å². The first-order chi connectivity index (χ1) is 35.5. The number of fused-ring (bicyclic) bond motifs is 4. The molecular formula is C55H74N10O8. The second-order valence-corrected chi connectivity index (χ2v) is 20.8. The van der Waals surface area contributed by atoms with Gasteiger partial charge in [0.15, 0.2) is 0 Å². The highest BCUT2D eigenvalue weighted by Crippen LogP contribution is 2.37. The van der Waals surface area contributed by atoms with Crippen LogP contribution in [0.25, 0.3) is 0 Å². The molecule has 2 aromatic carbocycles. The number of amides is 3. The van der Waals surface area contributed by atoms with Gasteiger partial charge < -0.3 is 53.5 Å². The van der Waals surface area contributed by atoms with Gasteiger partial charge in [0.1, 0.15) is 32.0 Å². The molecule has 0 spiro atoms. The predicted octanol–water partition coefficient (Wildman–Crippen LogP) is 6.36. The fourth-order valence-electron chi connectivity index (χ4n) is 10.8. The number of pyridine rings is 2. The minimum atomic E-state index is -0.494. The van der Waals surface area contributed by atoms with Gasteiger partial charge in [-0.25, -0.2) is 24.4 Å². The molecule has 73 heavy (non-hydrogen) atoms. The molecule has 6 aliphatic heterocycles. The van der Waals surface area contributed by atoms with Crippen LogP contribution in [0.15, 0.2) is 97.3 Å². The number of nitrogens with one attached hydrogen (secondary N) is 1. The van der Waals surface area contributed by atoms with Crippen molar-refractivity contribution in [1.82, 2.24) is 39.8 Å². The molecule has 6 saturated heterocycles. The van der Waals surface area contributed by atoms with Crippen LogP contribution in [0.2, 0.25) is 0 Å². The van der Waals surface area contributed by atoms with Gasteiger partial charge in [-0.15, -0.1) is 0 Å². The quantitative estimate of drug-likeness (QED) is 0.139. The average molecular weight is 1000 g/mol. The molecule has 392 valence electrons. The normalized spacial score (nSPS) is 22.0. The summed E-state index contributed by atoms with van der Waals surface area (Å²) in [5, 5.41) is 3.53. The Bertz CT molecular complexity index is 2370. The van der Waals surface area contributed by atoms with Crippen LogP contribution in [0.4, 0.5) is 25.8 Å². The number of piperazine rings is 4. The molecule has 4 unspecified atom stereocenters. The number of likely N-dealkylation sites (tertiary alicyclic amines) is 1. The van der Waals surface area contributed by atoms with Crippen molar-refractivity contribution in [1.29, 1.82) is 0 Å². The lowest BCUT2D eigenvalue weighted by atomic mass is 10.1. The van der Waals surface area contributed by atoms with Gasteiger partial charge in [0.2, 0.25) is 11.8 Å². The molecule has 1 N–H and O–H groups in total. The van der Waals surface area contributed by atoms with Crippen LogP contribution in [-0.4, -0.2) is 187 Å². The number of carbonyl (C=O) groups excluding carboxylic acids is 3. The summed E-state index contributed by atoms with van der Waals surface area (Å²) in [7, 11) is 0. The average Bonchev–Trinajstić information content (AvgIpc) is 3.82. The fraction of sp³-hybridized carbons (Fsp3) is 0.545. The molecule has 10 rings (SSSR count). The van der Waals surface area contributed by atoms with E-state index in [1.165, 1.54) is 18.5 Å². The Morgan fingerprint density at radius 3 is 1.41 bits per heavy atom. The molecule has 2 aromatic heterocycles. The Morgan fingerprint density at radius 2 is 0.973 bits per heavy atom. The smallest absolute Gasteiger partial charge is 0.410 e. The van der Waals surface area contributed by atoms with Crippen LogP contribution in [0.5, 0.6) is 11.8 Å². The van der Waals surface area contributed by atoms with E-state index < -0.39 is 5.60 Å². The molecule has 18 heteroatoms. The van der Waals surface area contributed by atoms with Crippen molar-refractivity contribution in [2.45, 2.75) is 89.4 Å². The molecule has 4 bridgehead atoms. The Kier molecular flexibility index (Phi) is 17.3. The van der Waals surface area contributed by atoms with E-state index in [2.05, 4.69) is 47.0 Å². The first-order valence-electron chi connectivity index (χ1n) is 26.3. The van der Waals surface area contributed by atoms with E-state index in [4.69, 9.17) is 23.7 Å². The first kappa shape index (κ1) is 51.5. The van der Waals surface area contributed by atoms with E-state index in [1.54, 1.807) is 16.0 Å². The summed E-state index contributed by atoms with van der Waals surface area (Å²) in [5.41, 5.74) is 3.80. The lowest BCUT2D eigenvalue weighted by molar-refractivity contribution is 0.0209. The first-order valence-corrected chi connectivity index (χ1v) is 26.3. The minimum Gasteiger partial charge on any atom is -0.476 e. The molecule has 4 atom stereocenters.